The molecule has 0 saturated heterocycles. The third kappa shape index (κ3) is 5.18. The van der Waals surface area contributed by atoms with Crippen LogP contribution in [0.15, 0.2) is 24.3 Å². The van der Waals surface area contributed by atoms with Gasteiger partial charge in [0.1, 0.15) is 0 Å². The third-order valence-electron chi connectivity index (χ3n) is 2.47. The molecule has 0 radical (unpaired) electrons. The van der Waals surface area contributed by atoms with Crippen LogP contribution in [0.25, 0.3) is 0 Å². The number of methoxy groups -OCH3 is 1. The van der Waals surface area contributed by atoms with Crippen LogP contribution in [-0.2, 0) is 4.79 Å². The molecule has 0 saturated carbocycles. The molecule has 0 heterocycles. The van der Waals surface area contributed by atoms with Gasteiger partial charge in [-0.1, -0.05) is 12.1 Å². The Bertz CT molecular complexity index is 426. The highest BCUT2D eigenvalue weighted by molar-refractivity contribution is 5.77. The van der Waals surface area contributed by atoms with E-state index in [9.17, 15) is 9.90 Å². The average molecular weight is 267 g/mol. The molecule has 1 aromatic rings. The van der Waals surface area contributed by atoms with Crippen molar-refractivity contribution in [3.63, 3.8) is 0 Å². The summed E-state index contributed by atoms with van der Waals surface area (Å²) in [7, 11) is 3.18. The predicted octanol–water partition coefficient (Wildman–Crippen LogP) is 1.30. The molecule has 1 aromatic carbocycles. The zero-order valence-electron chi connectivity index (χ0n) is 11.8. The van der Waals surface area contributed by atoms with Crippen molar-refractivity contribution in [1.82, 2.24) is 4.90 Å². The van der Waals surface area contributed by atoms with E-state index >= 15 is 0 Å². The second-order valence-corrected chi connectivity index (χ2v) is 5.00. The highest BCUT2D eigenvalue weighted by atomic mass is 16.5. The Morgan fingerprint density at radius 2 is 1.89 bits per heavy atom. The lowest BCUT2D eigenvalue weighted by Gasteiger charge is -2.25. The highest BCUT2D eigenvalue weighted by Gasteiger charge is 2.19. The summed E-state index contributed by atoms with van der Waals surface area (Å²) in [6.45, 7) is 3.46. The van der Waals surface area contributed by atoms with E-state index in [1.165, 1.54) is 4.90 Å². The van der Waals surface area contributed by atoms with Crippen LogP contribution >= 0.6 is 0 Å². The molecule has 5 heteroatoms. The zero-order valence-corrected chi connectivity index (χ0v) is 11.8. The van der Waals surface area contributed by atoms with Crippen molar-refractivity contribution in [2.24, 2.45) is 0 Å². The summed E-state index contributed by atoms with van der Waals surface area (Å²) in [6.07, 6.45) is 0. The first-order valence-corrected chi connectivity index (χ1v) is 6.05. The van der Waals surface area contributed by atoms with Gasteiger partial charge in [0.25, 0.3) is 5.91 Å². The predicted molar refractivity (Wildman–Crippen MR) is 72.4 cm³/mol. The van der Waals surface area contributed by atoms with Crippen molar-refractivity contribution in [3.05, 3.63) is 24.3 Å². The van der Waals surface area contributed by atoms with Crippen LogP contribution in [0.2, 0.25) is 0 Å². The first-order valence-electron chi connectivity index (χ1n) is 6.05. The molecule has 19 heavy (non-hydrogen) atoms. The maximum absolute atomic E-state index is 11.8. The second kappa shape index (κ2) is 6.43. The highest BCUT2D eigenvalue weighted by Crippen LogP contribution is 2.25. The van der Waals surface area contributed by atoms with Crippen molar-refractivity contribution < 1.29 is 19.4 Å². The van der Waals surface area contributed by atoms with Crippen LogP contribution < -0.4 is 9.47 Å². The summed E-state index contributed by atoms with van der Waals surface area (Å²) in [5.41, 5.74) is -0.922. The standard InChI is InChI=1S/C14H21NO4/c1-14(2,17)10-15(3)13(16)9-19-12-8-6-5-7-11(12)18-4/h5-8,17H,9-10H2,1-4H3. The lowest BCUT2D eigenvalue weighted by atomic mass is 10.1. The number of rotatable bonds is 6. The maximum Gasteiger partial charge on any atom is 0.260 e. The maximum atomic E-state index is 11.8. The van der Waals surface area contributed by atoms with Gasteiger partial charge in [0.2, 0.25) is 0 Å². The number of nitrogens with zero attached hydrogens (tertiary/aromatic N) is 1. The van der Waals surface area contributed by atoms with Crippen LogP contribution in [0.1, 0.15) is 13.8 Å². The number of para-hydroxylation sites is 2. The molecule has 1 amide bonds. The van der Waals surface area contributed by atoms with Gasteiger partial charge in [0.15, 0.2) is 18.1 Å². The van der Waals surface area contributed by atoms with E-state index in [1.807, 2.05) is 12.1 Å². The van der Waals surface area contributed by atoms with Crippen molar-refractivity contribution in [2.75, 3.05) is 27.3 Å². The summed E-state index contributed by atoms with van der Waals surface area (Å²) in [5, 5.41) is 9.65. The zero-order chi connectivity index (χ0) is 14.5. The van der Waals surface area contributed by atoms with Crippen molar-refractivity contribution in [1.29, 1.82) is 0 Å². The molecular formula is C14H21NO4. The molecule has 0 aliphatic rings. The van der Waals surface area contributed by atoms with E-state index in [0.717, 1.165) is 0 Å². The number of carbonyl (C=O) groups is 1. The quantitative estimate of drug-likeness (QED) is 0.844. The molecule has 5 nitrogen and oxygen atoms in total. The molecule has 0 spiro atoms. The second-order valence-electron chi connectivity index (χ2n) is 5.00. The van der Waals surface area contributed by atoms with Crippen LogP contribution in [0.5, 0.6) is 11.5 Å². The van der Waals surface area contributed by atoms with E-state index in [4.69, 9.17) is 9.47 Å². The number of carbonyl (C=O) groups excluding carboxylic acids is 1. The van der Waals surface area contributed by atoms with E-state index < -0.39 is 5.60 Å². The Hall–Kier alpha value is -1.75. The molecule has 106 valence electrons. The van der Waals surface area contributed by atoms with E-state index in [2.05, 4.69) is 0 Å². The van der Waals surface area contributed by atoms with Crippen LogP contribution in [0.3, 0.4) is 0 Å². The fourth-order valence-electron chi connectivity index (χ4n) is 1.66. The SMILES string of the molecule is COc1ccccc1OCC(=O)N(C)CC(C)(C)O. The largest absolute Gasteiger partial charge is 0.493 e. The number of aliphatic hydroxyl groups is 1. The minimum absolute atomic E-state index is 0.0903. The molecule has 1 rings (SSSR count). The Morgan fingerprint density at radius 1 is 1.32 bits per heavy atom. The fraction of sp³-hybridized carbons (Fsp3) is 0.500. The number of hydrogen-bond donors (Lipinski definition) is 1. The number of hydrogen-bond acceptors (Lipinski definition) is 4. The Kier molecular flexibility index (Phi) is 5.18. The van der Waals surface area contributed by atoms with Crippen LogP contribution in [-0.4, -0.2) is 48.8 Å². The van der Waals surface area contributed by atoms with Gasteiger partial charge in [-0.05, 0) is 26.0 Å². The lowest BCUT2D eigenvalue weighted by molar-refractivity contribution is -0.134. The van der Waals surface area contributed by atoms with Gasteiger partial charge in [0.05, 0.1) is 12.7 Å². The number of likely N-dealkylation sites (N-methyl/N-ethyl adjacent to an activating group) is 1. The number of ether oxygens (including phenoxy) is 2. The molecule has 0 aliphatic heterocycles. The van der Waals surface area contributed by atoms with Gasteiger partial charge in [-0.2, -0.15) is 0 Å². The fourth-order valence-corrected chi connectivity index (χ4v) is 1.66. The first-order chi connectivity index (χ1) is 8.83. The minimum Gasteiger partial charge on any atom is -0.493 e. The Labute approximate surface area is 113 Å². The van der Waals surface area contributed by atoms with Gasteiger partial charge < -0.3 is 19.5 Å². The van der Waals surface area contributed by atoms with E-state index in [-0.39, 0.29) is 19.1 Å². The van der Waals surface area contributed by atoms with Crippen molar-refractivity contribution in [2.45, 2.75) is 19.4 Å². The molecule has 0 aromatic heterocycles. The minimum atomic E-state index is -0.922. The molecule has 0 fully saturated rings. The Balaban J connectivity index is 2.54. The molecule has 0 unspecified atom stereocenters. The van der Waals surface area contributed by atoms with Gasteiger partial charge >= 0.3 is 0 Å². The molecule has 1 N–H and O–H groups in total. The van der Waals surface area contributed by atoms with Crippen molar-refractivity contribution in [3.8, 4) is 11.5 Å². The molecule has 0 atom stereocenters. The molecular weight excluding hydrogens is 246 g/mol. The summed E-state index contributed by atoms with van der Waals surface area (Å²) in [6, 6.07) is 7.14. The van der Waals surface area contributed by atoms with E-state index in [1.54, 1.807) is 40.1 Å². The Morgan fingerprint density at radius 3 is 2.42 bits per heavy atom. The van der Waals surface area contributed by atoms with Gasteiger partial charge in [-0.3, -0.25) is 4.79 Å². The topological polar surface area (TPSA) is 59.0 Å². The van der Waals surface area contributed by atoms with Gasteiger partial charge in [-0.15, -0.1) is 0 Å². The third-order valence-corrected chi connectivity index (χ3v) is 2.47. The smallest absolute Gasteiger partial charge is 0.260 e. The number of amides is 1. The number of benzene rings is 1. The average Bonchev–Trinajstić information content (AvgIpc) is 2.34. The van der Waals surface area contributed by atoms with Gasteiger partial charge in [0, 0.05) is 13.6 Å². The summed E-state index contributed by atoms with van der Waals surface area (Å²) in [5.74, 6) is 0.906. The van der Waals surface area contributed by atoms with Gasteiger partial charge in [-0.25, -0.2) is 0 Å². The van der Waals surface area contributed by atoms with Crippen LogP contribution in [0.4, 0.5) is 0 Å². The molecule has 0 aliphatic carbocycles. The van der Waals surface area contributed by atoms with Crippen LogP contribution in [0, 0.1) is 0 Å². The summed E-state index contributed by atoms with van der Waals surface area (Å²) >= 11 is 0. The van der Waals surface area contributed by atoms with E-state index in [0.29, 0.717) is 11.5 Å². The van der Waals surface area contributed by atoms with Crippen molar-refractivity contribution >= 4 is 5.91 Å². The lowest BCUT2D eigenvalue weighted by Crippen LogP contribution is -2.41. The monoisotopic (exact) mass is 267 g/mol. The molecule has 0 bridgehead atoms. The first kappa shape index (κ1) is 15.3. The normalized spacial score (nSPS) is 11.0. The summed E-state index contributed by atoms with van der Waals surface area (Å²) in [4.78, 5) is 13.3. The summed E-state index contributed by atoms with van der Waals surface area (Å²) < 4.78 is 10.6.